The molecule has 0 bridgehead atoms. The van der Waals surface area contributed by atoms with Gasteiger partial charge in [0.2, 0.25) is 0 Å². The van der Waals surface area contributed by atoms with E-state index in [1.807, 2.05) is 68.7 Å². The fraction of sp³-hybridized carbons (Fsp3) is 0.345. The Morgan fingerprint density at radius 1 is 0.925 bits per heavy atom. The lowest BCUT2D eigenvalue weighted by Gasteiger charge is -2.29. The van der Waals surface area contributed by atoms with Crippen LogP contribution < -0.4 is 4.90 Å². The Bertz CT molecular complexity index is 1700. The van der Waals surface area contributed by atoms with Crippen molar-refractivity contribution in [2.45, 2.75) is 40.2 Å². The quantitative estimate of drug-likeness (QED) is 0.324. The number of fused-ring (bicyclic) bond motifs is 1. The summed E-state index contributed by atoms with van der Waals surface area (Å²) in [4.78, 5) is 19.8. The lowest BCUT2D eigenvalue weighted by atomic mass is 10.1. The predicted molar refractivity (Wildman–Crippen MR) is 151 cm³/mol. The molecule has 1 aliphatic heterocycles. The van der Waals surface area contributed by atoms with Crippen molar-refractivity contribution in [3.05, 3.63) is 66.0 Å². The summed E-state index contributed by atoms with van der Waals surface area (Å²) in [7, 11) is 0. The van der Waals surface area contributed by atoms with E-state index in [1.54, 1.807) is 4.68 Å². The maximum absolute atomic E-state index is 12.7. The molecule has 0 aliphatic carbocycles. The molecule has 4 aromatic heterocycles. The first kappa shape index (κ1) is 25.8. The molecule has 11 nitrogen and oxygen atoms in total. The zero-order chi connectivity index (χ0) is 28.0. The molecule has 40 heavy (non-hydrogen) atoms. The molecule has 5 heterocycles. The van der Waals surface area contributed by atoms with Crippen LogP contribution in [0.5, 0.6) is 0 Å². The van der Waals surface area contributed by atoms with Crippen LogP contribution in [0, 0.1) is 13.8 Å². The number of carbonyl (C=O) groups excluding carboxylic acids is 1. The number of anilines is 1. The first-order chi connectivity index (χ1) is 19.1. The van der Waals surface area contributed by atoms with Gasteiger partial charge in [0.05, 0.1) is 18.9 Å². The third-order valence-corrected chi connectivity index (χ3v) is 6.58. The van der Waals surface area contributed by atoms with Gasteiger partial charge in [-0.05, 0) is 52.8 Å². The van der Waals surface area contributed by atoms with Crippen LogP contribution >= 0.6 is 0 Å². The molecule has 0 spiro atoms. The average molecular weight is 541 g/mol. The van der Waals surface area contributed by atoms with E-state index in [9.17, 15) is 4.79 Å². The van der Waals surface area contributed by atoms with E-state index in [-0.39, 0.29) is 0 Å². The molecule has 0 N–H and O–H groups in total. The Kier molecular flexibility index (Phi) is 6.38. The van der Waals surface area contributed by atoms with Crippen molar-refractivity contribution in [3.8, 4) is 28.5 Å². The number of nitrogens with zero attached hydrogens (tertiary/aromatic N) is 8. The van der Waals surface area contributed by atoms with Gasteiger partial charge >= 0.3 is 6.09 Å². The summed E-state index contributed by atoms with van der Waals surface area (Å²) in [5, 5.41) is 14.2. The largest absolute Gasteiger partial charge is 0.442 e. The van der Waals surface area contributed by atoms with Gasteiger partial charge in [-0.3, -0.25) is 0 Å². The standard InChI is InChI=1S/C29H32N8O3/c1-19-7-6-8-21(15-19)22-9-10-35(31-22)25-18-27(34-11-13-39-14-12-34)37-26(30-25)17-24(33-37)23-16-20(2)36(32-23)28(38)40-29(3,4)5/h6-10,15-18H,11-14H2,1-5H3. The summed E-state index contributed by atoms with van der Waals surface area (Å²) < 4.78 is 16.0. The van der Waals surface area contributed by atoms with Crippen molar-refractivity contribution in [2.24, 2.45) is 0 Å². The Labute approximate surface area is 232 Å². The van der Waals surface area contributed by atoms with Crippen molar-refractivity contribution >= 4 is 17.6 Å². The van der Waals surface area contributed by atoms with Gasteiger partial charge < -0.3 is 14.4 Å². The smallest absolute Gasteiger partial charge is 0.435 e. The molecule has 0 saturated carbocycles. The number of morpholine rings is 1. The van der Waals surface area contributed by atoms with Crippen molar-refractivity contribution in [1.82, 2.24) is 34.2 Å². The van der Waals surface area contributed by atoms with Crippen molar-refractivity contribution < 1.29 is 14.3 Å². The highest BCUT2D eigenvalue weighted by molar-refractivity contribution is 5.73. The summed E-state index contributed by atoms with van der Waals surface area (Å²) >= 11 is 0. The van der Waals surface area contributed by atoms with Gasteiger partial charge in [0.1, 0.15) is 22.8 Å². The van der Waals surface area contributed by atoms with E-state index in [1.165, 1.54) is 10.2 Å². The topological polar surface area (TPSA) is 105 Å². The zero-order valence-electron chi connectivity index (χ0n) is 23.3. The summed E-state index contributed by atoms with van der Waals surface area (Å²) in [6.45, 7) is 12.1. The van der Waals surface area contributed by atoms with Crippen molar-refractivity contribution in [3.63, 3.8) is 0 Å². The Morgan fingerprint density at radius 3 is 2.45 bits per heavy atom. The number of hydrogen-bond donors (Lipinski definition) is 0. The molecular formula is C29H32N8O3. The highest BCUT2D eigenvalue weighted by Gasteiger charge is 2.23. The monoisotopic (exact) mass is 540 g/mol. The summed E-state index contributed by atoms with van der Waals surface area (Å²) in [5.74, 6) is 1.56. The maximum Gasteiger partial charge on any atom is 0.435 e. The van der Waals surface area contributed by atoms with Crippen LogP contribution in [-0.2, 0) is 9.47 Å². The molecule has 11 heteroatoms. The van der Waals surface area contributed by atoms with E-state index in [0.717, 1.165) is 30.2 Å². The molecule has 0 unspecified atom stereocenters. The molecule has 0 radical (unpaired) electrons. The first-order valence-corrected chi connectivity index (χ1v) is 13.3. The third kappa shape index (κ3) is 5.07. The Balaban J connectivity index is 1.41. The fourth-order valence-electron chi connectivity index (χ4n) is 4.71. The average Bonchev–Trinajstić information content (AvgIpc) is 3.66. The van der Waals surface area contributed by atoms with Crippen LogP contribution in [0.2, 0.25) is 0 Å². The van der Waals surface area contributed by atoms with Gasteiger partial charge in [-0.25, -0.2) is 14.5 Å². The number of aromatic nitrogens is 7. The van der Waals surface area contributed by atoms with Crippen molar-refractivity contribution in [1.29, 1.82) is 0 Å². The molecule has 5 aromatic rings. The lowest BCUT2D eigenvalue weighted by Crippen LogP contribution is -2.37. The van der Waals surface area contributed by atoms with E-state index in [0.29, 0.717) is 41.8 Å². The SMILES string of the molecule is Cc1cccc(-c2ccn(-c3cc(N4CCOCC4)n4nc(-c5cc(C)n(C(=O)OC(C)(C)C)n5)cc4n3)n2)c1. The van der Waals surface area contributed by atoms with Crippen LogP contribution in [-0.4, -0.2) is 72.2 Å². The van der Waals surface area contributed by atoms with Crippen LogP contribution in [0.25, 0.3) is 34.1 Å². The normalized spacial score (nSPS) is 14.2. The van der Waals surface area contributed by atoms with Crippen LogP contribution in [0.3, 0.4) is 0 Å². The molecule has 0 atom stereocenters. The molecule has 6 rings (SSSR count). The van der Waals surface area contributed by atoms with Gasteiger partial charge in [0, 0.05) is 42.7 Å². The minimum absolute atomic E-state index is 0.530. The molecule has 1 fully saturated rings. The highest BCUT2D eigenvalue weighted by atomic mass is 16.6. The highest BCUT2D eigenvalue weighted by Crippen LogP contribution is 2.27. The number of ether oxygens (including phenoxy) is 2. The van der Waals surface area contributed by atoms with E-state index in [2.05, 4.69) is 35.1 Å². The van der Waals surface area contributed by atoms with Gasteiger partial charge in [-0.15, -0.1) is 0 Å². The second-order valence-electron chi connectivity index (χ2n) is 10.9. The Morgan fingerprint density at radius 2 is 1.70 bits per heavy atom. The number of benzene rings is 1. The maximum atomic E-state index is 12.7. The molecule has 1 saturated heterocycles. The number of aryl methyl sites for hydroxylation is 2. The van der Waals surface area contributed by atoms with E-state index < -0.39 is 11.7 Å². The van der Waals surface area contributed by atoms with Crippen LogP contribution in [0.4, 0.5) is 10.6 Å². The fourth-order valence-corrected chi connectivity index (χ4v) is 4.71. The number of hydrogen-bond acceptors (Lipinski definition) is 8. The van der Waals surface area contributed by atoms with Gasteiger partial charge in [-0.1, -0.05) is 23.8 Å². The predicted octanol–water partition coefficient (Wildman–Crippen LogP) is 4.68. The summed E-state index contributed by atoms with van der Waals surface area (Å²) in [6, 6.07) is 15.9. The van der Waals surface area contributed by atoms with Gasteiger partial charge in [0.15, 0.2) is 11.5 Å². The van der Waals surface area contributed by atoms with Crippen LogP contribution in [0.1, 0.15) is 32.0 Å². The minimum atomic E-state index is -0.627. The number of carbonyl (C=O) groups is 1. The van der Waals surface area contributed by atoms with Crippen molar-refractivity contribution in [2.75, 3.05) is 31.2 Å². The third-order valence-electron chi connectivity index (χ3n) is 6.58. The first-order valence-electron chi connectivity index (χ1n) is 13.3. The Hall–Kier alpha value is -4.51. The lowest BCUT2D eigenvalue weighted by molar-refractivity contribution is 0.0511. The second-order valence-corrected chi connectivity index (χ2v) is 10.9. The van der Waals surface area contributed by atoms with Gasteiger partial charge in [-0.2, -0.15) is 24.5 Å². The number of rotatable bonds is 4. The molecule has 1 aromatic carbocycles. The summed E-state index contributed by atoms with van der Waals surface area (Å²) in [5.41, 5.74) is 4.94. The minimum Gasteiger partial charge on any atom is -0.442 e. The zero-order valence-corrected chi connectivity index (χ0v) is 23.3. The van der Waals surface area contributed by atoms with Crippen LogP contribution in [0.15, 0.2) is 54.7 Å². The molecule has 1 aliphatic rings. The van der Waals surface area contributed by atoms with Gasteiger partial charge in [0.25, 0.3) is 0 Å². The molecule has 0 amide bonds. The summed E-state index contributed by atoms with van der Waals surface area (Å²) in [6.07, 6.45) is 1.39. The van der Waals surface area contributed by atoms with E-state index >= 15 is 0 Å². The van der Waals surface area contributed by atoms with E-state index in [4.69, 9.17) is 24.7 Å². The molecular weight excluding hydrogens is 508 g/mol. The second kappa shape index (κ2) is 9.91. The molecule has 206 valence electrons.